The van der Waals surface area contributed by atoms with Gasteiger partial charge in [-0.2, -0.15) is 4.31 Å². The number of esters is 1. The summed E-state index contributed by atoms with van der Waals surface area (Å²) in [7, 11) is -2.68. The molecule has 2 heterocycles. The van der Waals surface area contributed by atoms with Crippen LogP contribution in [0.4, 0.5) is 9.59 Å². The van der Waals surface area contributed by atoms with E-state index in [0.717, 1.165) is 5.56 Å². The third-order valence-electron chi connectivity index (χ3n) is 9.02. The molecule has 2 aromatic rings. The van der Waals surface area contributed by atoms with Gasteiger partial charge in [-0.3, -0.25) is 4.79 Å². The third kappa shape index (κ3) is 12.0. The summed E-state index contributed by atoms with van der Waals surface area (Å²) in [5.74, 6) is -0.138. The van der Waals surface area contributed by atoms with E-state index in [1.807, 2.05) is 44.2 Å². The number of sulfonamides is 1. The molecule has 0 bridgehead atoms. The van der Waals surface area contributed by atoms with Crippen LogP contribution < -0.4 is 20.7 Å². The molecule has 288 valence electrons. The highest BCUT2D eigenvalue weighted by molar-refractivity contribution is 7.89. The minimum Gasteiger partial charge on any atom is -0.497 e. The largest absolute Gasteiger partial charge is 0.497 e. The van der Waals surface area contributed by atoms with Crippen molar-refractivity contribution in [3.8, 4) is 5.75 Å². The van der Waals surface area contributed by atoms with Gasteiger partial charge in [0, 0.05) is 19.6 Å². The van der Waals surface area contributed by atoms with Crippen LogP contribution in [-0.2, 0) is 40.2 Å². The Balaban J connectivity index is 1.48. The Morgan fingerprint density at radius 3 is 2.48 bits per heavy atom. The predicted octanol–water partition coefficient (Wildman–Crippen LogP) is 2.81. The van der Waals surface area contributed by atoms with Crippen LogP contribution >= 0.6 is 0 Å². The lowest BCUT2D eigenvalue weighted by Gasteiger charge is -2.35. The van der Waals surface area contributed by atoms with E-state index in [1.165, 1.54) is 23.5 Å². The second kappa shape index (κ2) is 19.2. The molecule has 2 saturated heterocycles. The van der Waals surface area contributed by atoms with Crippen molar-refractivity contribution in [1.29, 1.82) is 0 Å². The Hall–Kier alpha value is -3.96. The number of aliphatic hydroxyl groups excluding tert-OH is 1. The summed E-state index contributed by atoms with van der Waals surface area (Å²) >= 11 is 0. The standard InChI is InChI=1S/C36H52N4O11S/c1-5-48-32(42)21-38-34(43)37-18-9-17-36(2,3)24-40(52(45,46)27-14-12-26(47-4)13-15-27)22-30(41)29(20-25-10-7-6-8-11-25)39-35(44)51-31-23-50-33-28(31)16-19-49-33/h6-8,10-15,28-31,33,41H,5,9,16-24H2,1-4H3,(H,39,44)(H2,37,38,43)/t28-,29+,30-,31-,33+/m1/s1. The topological polar surface area (TPSA) is 191 Å². The molecule has 0 aromatic heterocycles. The molecule has 0 radical (unpaired) electrons. The van der Waals surface area contributed by atoms with Gasteiger partial charge in [-0.05, 0) is 67.9 Å². The van der Waals surface area contributed by atoms with E-state index < -0.39 is 58.1 Å². The van der Waals surface area contributed by atoms with Crippen molar-refractivity contribution >= 4 is 28.1 Å². The zero-order valence-electron chi connectivity index (χ0n) is 30.2. The molecule has 0 aliphatic carbocycles. The maximum atomic E-state index is 14.2. The van der Waals surface area contributed by atoms with Crippen molar-refractivity contribution in [2.24, 2.45) is 11.3 Å². The van der Waals surface area contributed by atoms with Crippen molar-refractivity contribution in [2.75, 3.05) is 53.1 Å². The van der Waals surface area contributed by atoms with Gasteiger partial charge in [0.15, 0.2) is 6.29 Å². The first-order valence-corrected chi connectivity index (χ1v) is 19.0. The number of ether oxygens (including phenoxy) is 5. The fourth-order valence-corrected chi connectivity index (χ4v) is 7.90. The summed E-state index contributed by atoms with van der Waals surface area (Å²) in [5, 5.41) is 19.7. The first-order chi connectivity index (χ1) is 24.8. The molecule has 16 heteroatoms. The zero-order valence-corrected chi connectivity index (χ0v) is 31.1. The lowest BCUT2D eigenvalue weighted by molar-refractivity contribution is -0.141. The number of aliphatic hydroxyl groups is 1. The number of fused-ring (bicyclic) bond motifs is 1. The van der Waals surface area contributed by atoms with Crippen molar-refractivity contribution in [3.63, 3.8) is 0 Å². The van der Waals surface area contributed by atoms with Gasteiger partial charge in [0.1, 0.15) is 18.4 Å². The second-order valence-corrected chi connectivity index (χ2v) is 15.6. The van der Waals surface area contributed by atoms with Crippen LogP contribution in [0.3, 0.4) is 0 Å². The van der Waals surface area contributed by atoms with Gasteiger partial charge >= 0.3 is 18.1 Å². The number of nitrogens with zero attached hydrogens (tertiary/aromatic N) is 1. The average Bonchev–Trinajstić information content (AvgIpc) is 3.74. The molecule has 0 spiro atoms. The highest BCUT2D eigenvalue weighted by atomic mass is 32.2. The van der Waals surface area contributed by atoms with Gasteiger partial charge in [-0.1, -0.05) is 44.2 Å². The minimum atomic E-state index is -4.16. The number of rotatable bonds is 19. The highest BCUT2D eigenvalue weighted by Crippen LogP contribution is 2.33. The van der Waals surface area contributed by atoms with Crippen LogP contribution in [0, 0.1) is 11.3 Å². The Labute approximate surface area is 305 Å². The number of hydrogen-bond donors (Lipinski definition) is 4. The number of benzene rings is 2. The molecule has 15 nitrogen and oxygen atoms in total. The van der Waals surface area contributed by atoms with Crippen LogP contribution in [0.1, 0.15) is 45.6 Å². The lowest BCUT2D eigenvalue weighted by atomic mass is 9.87. The molecule has 2 aromatic carbocycles. The van der Waals surface area contributed by atoms with Crippen molar-refractivity contribution < 1.29 is 51.6 Å². The fraction of sp³-hybridized carbons (Fsp3) is 0.583. The predicted molar refractivity (Wildman–Crippen MR) is 190 cm³/mol. The number of urea groups is 1. The van der Waals surface area contributed by atoms with Crippen LogP contribution in [-0.4, -0.2) is 114 Å². The highest BCUT2D eigenvalue weighted by Gasteiger charge is 2.44. The third-order valence-corrected chi connectivity index (χ3v) is 10.8. The number of alkyl carbamates (subject to hydrolysis) is 1. The molecule has 3 amide bonds. The molecule has 2 fully saturated rings. The van der Waals surface area contributed by atoms with Gasteiger partial charge in [0.2, 0.25) is 10.0 Å². The molecule has 4 N–H and O–H groups in total. The summed E-state index contributed by atoms with van der Waals surface area (Å²) in [6, 6.07) is 13.8. The van der Waals surface area contributed by atoms with Gasteiger partial charge in [-0.25, -0.2) is 18.0 Å². The van der Waals surface area contributed by atoms with Crippen molar-refractivity contribution in [1.82, 2.24) is 20.3 Å². The normalized spacial score (nSPS) is 19.7. The van der Waals surface area contributed by atoms with E-state index in [1.54, 1.807) is 19.1 Å². The van der Waals surface area contributed by atoms with Gasteiger partial charge in [0.25, 0.3) is 0 Å². The van der Waals surface area contributed by atoms with E-state index >= 15 is 0 Å². The molecule has 5 atom stereocenters. The van der Waals surface area contributed by atoms with Crippen LogP contribution in [0.2, 0.25) is 0 Å². The monoisotopic (exact) mass is 748 g/mol. The Kier molecular flexibility index (Phi) is 15.1. The molecule has 2 aliphatic heterocycles. The number of carbonyl (C=O) groups is 3. The molecule has 2 aliphatic rings. The average molecular weight is 749 g/mol. The Morgan fingerprint density at radius 1 is 1.06 bits per heavy atom. The van der Waals surface area contributed by atoms with E-state index in [-0.39, 0.29) is 56.6 Å². The maximum Gasteiger partial charge on any atom is 0.407 e. The zero-order chi connectivity index (χ0) is 37.7. The van der Waals surface area contributed by atoms with E-state index in [9.17, 15) is 27.9 Å². The number of amides is 3. The summed E-state index contributed by atoms with van der Waals surface area (Å²) in [5.41, 5.74) is 0.204. The van der Waals surface area contributed by atoms with Gasteiger partial charge < -0.3 is 44.7 Å². The van der Waals surface area contributed by atoms with Crippen molar-refractivity contribution in [3.05, 3.63) is 60.2 Å². The molecule has 0 unspecified atom stereocenters. The summed E-state index contributed by atoms with van der Waals surface area (Å²) < 4.78 is 56.6. The van der Waals surface area contributed by atoms with Gasteiger partial charge in [0.05, 0.1) is 49.9 Å². The summed E-state index contributed by atoms with van der Waals surface area (Å²) in [4.78, 5) is 36.9. The van der Waals surface area contributed by atoms with Crippen LogP contribution in [0.15, 0.2) is 59.5 Å². The molecular weight excluding hydrogens is 696 g/mol. The second-order valence-electron chi connectivity index (χ2n) is 13.6. The smallest absolute Gasteiger partial charge is 0.407 e. The van der Waals surface area contributed by atoms with Crippen LogP contribution in [0.5, 0.6) is 5.75 Å². The SMILES string of the molecule is CCOC(=O)CNC(=O)NCCCC(C)(C)CN(C[C@@H](O)[C@H](Cc1ccccc1)NC(=O)O[C@@H]1CO[C@@H]2OCC[C@@H]21)S(=O)(=O)c1ccc(OC)cc1. The van der Waals surface area contributed by atoms with Gasteiger partial charge in [-0.15, -0.1) is 0 Å². The lowest BCUT2D eigenvalue weighted by Crippen LogP contribution is -2.52. The quantitative estimate of drug-likeness (QED) is 0.122. The summed E-state index contributed by atoms with van der Waals surface area (Å²) in [6.07, 6.45) is -1.10. The molecular formula is C36H52N4O11S. The number of nitrogens with one attached hydrogen (secondary N) is 3. The molecule has 4 rings (SSSR count). The maximum absolute atomic E-state index is 14.2. The molecule has 0 saturated carbocycles. The first kappa shape index (κ1) is 40.8. The minimum absolute atomic E-state index is 0.0118. The van der Waals surface area contributed by atoms with E-state index in [4.69, 9.17) is 23.7 Å². The van der Waals surface area contributed by atoms with Crippen LogP contribution in [0.25, 0.3) is 0 Å². The summed E-state index contributed by atoms with van der Waals surface area (Å²) in [6.45, 7) is 6.10. The molecule has 52 heavy (non-hydrogen) atoms. The number of hydrogen-bond acceptors (Lipinski definition) is 11. The van der Waals surface area contributed by atoms with E-state index in [2.05, 4.69) is 16.0 Å². The number of carbonyl (C=O) groups excluding carboxylic acids is 3. The van der Waals surface area contributed by atoms with Crippen molar-refractivity contribution in [2.45, 2.75) is 75.9 Å². The fourth-order valence-electron chi connectivity index (χ4n) is 6.25. The first-order valence-electron chi connectivity index (χ1n) is 17.5. The Bertz CT molecular complexity index is 1560. The van der Waals surface area contributed by atoms with E-state index in [0.29, 0.717) is 31.6 Å². The Morgan fingerprint density at radius 2 is 1.79 bits per heavy atom. The number of methoxy groups -OCH3 is 1.